The minimum absolute atomic E-state index is 0.0194. The third kappa shape index (κ3) is 3.49. The second-order valence-corrected chi connectivity index (χ2v) is 4.31. The number of nitrogens with two attached hydrogens (primary N) is 1. The molecule has 1 heterocycles. The van der Waals surface area contributed by atoms with Crippen LogP contribution in [0.25, 0.3) is 0 Å². The first kappa shape index (κ1) is 14.6. The lowest BCUT2D eigenvalue weighted by Gasteiger charge is -2.38. The van der Waals surface area contributed by atoms with Crippen molar-refractivity contribution in [3.63, 3.8) is 0 Å². The lowest BCUT2D eigenvalue weighted by molar-refractivity contribution is 0.125. The molecule has 1 unspecified atom stereocenters. The number of oxime groups is 1. The van der Waals surface area contributed by atoms with Crippen LogP contribution in [-0.4, -0.2) is 65.6 Å². The van der Waals surface area contributed by atoms with Gasteiger partial charge in [0.25, 0.3) is 0 Å². The van der Waals surface area contributed by atoms with Crippen molar-refractivity contribution in [2.24, 2.45) is 10.9 Å². The van der Waals surface area contributed by atoms with Gasteiger partial charge in [-0.3, -0.25) is 4.90 Å². The number of carbonyl (C=O) groups is 1. The fourth-order valence-electron chi connectivity index (χ4n) is 2.22. The Balaban J connectivity index is 2.50. The van der Waals surface area contributed by atoms with Crippen molar-refractivity contribution >= 4 is 11.9 Å². The van der Waals surface area contributed by atoms with E-state index in [1.165, 1.54) is 0 Å². The van der Waals surface area contributed by atoms with Gasteiger partial charge in [0.1, 0.15) is 0 Å². The number of urea groups is 1. The predicted molar refractivity (Wildman–Crippen MR) is 69.7 cm³/mol. The second kappa shape index (κ2) is 7.05. The van der Waals surface area contributed by atoms with Gasteiger partial charge in [-0.25, -0.2) is 4.79 Å². The van der Waals surface area contributed by atoms with Gasteiger partial charge in [0.15, 0.2) is 5.84 Å². The Morgan fingerprint density at radius 2 is 2.00 bits per heavy atom. The quantitative estimate of drug-likeness (QED) is 0.283. The molecule has 18 heavy (non-hydrogen) atoms. The number of hydrogen-bond acceptors (Lipinski definition) is 4. The zero-order chi connectivity index (χ0) is 13.5. The van der Waals surface area contributed by atoms with Gasteiger partial charge in [0.2, 0.25) is 0 Å². The van der Waals surface area contributed by atoms with E-state index in [-0.39, 0.29) is 17.9 Å². The molecule has 2 amide bonds. The fraction of sp³-hybridized carbons (Fsp3) is 0.818. The van der Waals surface area contributed by atoms with Crippen LogP contribution in [-0.2, 0) is 0 Å². The van der Waals surface area contributed by atoms with Crippen LogP contribution >= 0.6 is 0 Å². The number of amidine groups is 1. The Morgan fingerprint density at radius 3 is 2.44 bits per heavy atom. The van der Waals surface area contributed by atoms with Crippen LogP contribution < -0.4 is 11.1 Å². The maximum absolute atomic E-state index is 11.6. The third-order valence-corrected chi connectivity index (χ3v) is 3.21. The molecule has 104 valence electrons. The molecule has 0 bridgehead atoms. The van der Waals surface area contributed by atoms with Crippen molar-refractivity contribution in [1.29, 1.82) is 0 Å². The maximum Gasteiger partial charge on any atom is 0.317 e. The molecule has 4 N–H and O–H groups in total. The first-order valence-electron chi connectivity index (χ1n) is 6.38. The summed E-state index contributed by atoms with van der Waals surface area (Å²) >= 11 is 0. The van der Waals surface area contributed by atoms with Gasteiger partial charge in [0.05, 0.1) is 6.04 Å². The smallest absolute Gasteiger partial charge is 0.317 e. The van der Waals surface area contributed by atoms with Crippen LogP contribution in [0.3, 0.4) is 0 Å². The number of carbonyl (C=O) groups excluding carboxylic acids is 1. The van der Waals surface area contributed by atoms with Gasteiger partial charge in [-0.15, -0.1) is 0 Å². The third-order valence-electron chi connectivity index (χ3n) is 3.21. The molecule has 0 aromatic carbocycles. The highest BCUT2D eigenvalue weighted by atomic mass is 16.4. The van der Waals surface area contributed by atoms with Crippen molar-refractivity contribution in [3.05, 3.63) is 0 Å². The van der Waals surface area contributed by atoms with Crippen LogP contribution in [0.15, 0.2) is 5.16 Å². The summed E-state index contributed by atoms with van der Waals surface area (Å²) < 4.78 is 0. The summed E-state index contributed by atoms with van der Waals surface area (Å²) in [7, 11) is 0. The molecule has 1 aliphatic heterocycles. The molecule has 7 nitrogen and oxygen atoms in total. The van der Waals surface area contributed by atoms with E-state index in [1.807, 2.05) is 13.8 Å². The summed E-state index contributed by atoms with van der Waals surface area (Å²) in [4.78, 5) is 15.6. The maximum atomic E-state index is 11.6. The summed E-state index contributed by atoms with van der Waals surface area (Å²) in [5.41, 5.74) is 5.67. The summed E-state index contributed by atoms with van der Waals surface area (Å²) in [6.07, 6.45) is 0.789. The average molecular weight is 257 g/mol. The lowest BCUT2D eigenvalue weighted by atomic mass is 10.1. The molecule has 0 aromatic heterocycles. The van der Waals surface area contributed by atoms with E-state index in [4.69, 9.17) is 10.9 Å². The first-order chi connectivity index (χ1) is 8.63. The van der Waals surface area contributed by atoms with Crippen LogP contribution in [0.1, 0.15) is 20.3 Å². The Morgan fingerprint density at radius 1 is 1.39 bits per heavy atom. The number of piperazine rings is 1. The van der Waals surface area contributed by atoms with Crippen LogP contribution in [0.4, 0.5) is 4.79 Å². The van der Waals surface area contributed by atoms with E-state index >= 15 is 0 Å². The van der Waals surface area contributed by atoms with Gasteiger partial charge >= 0.3 is 6.03 Å². The largest absolute Gasteiger partial charge is 0.409 e. The monoisotopic (exact) mass is 257 g/mol. The number of nitrogens with one attached hydrogen (secondary N) is 1. The second-order valence-electron chi connectivity index (χ2n) is 4.31. The van der Waals surface area contributed by atoms with Crippen molar-refractivity contribution < 1.29 is 10.0 Å². The van der Waals surface area contributed by atoms with Gasteiger partial charge in [-0.1, -0.05) is 12.1 Å². The number of hydrogen-bond donors (Lipinski definition) is 3. The molecular formula is C11H23N5O2. The highest BCUT2D eigenvalue weighted by Crippen LogP contribution is 2.09. The number of nitrogens with zero attached hydrogens (tertiary/aromatic N) is 3. The minimum Gasteiger partial charge on any atom is -0.409 e. The molecular weight excluding hydrogens is 234 g/mol. The van der Waals surface area contributed by atoms with Gasteiger partial charge in [0, 0.05) is 32.7 Å². The number of rotatable bonds is 4. The Bertz CT molecular complexity index is 300. The van der Waals surface area contributed by atoms with Crippen molar-refractivity contribution in [2.45, 2.75) is 26.3 Å². The molecule has 0 spiro atoms. The average Bonchev–Trinajstić information content (AvgIpc) is 2.40. The molecule has 0 aliphatic carbocycles. The zero-order valence-electron chi connectivity index (χ0n) is 11.1. The first-order valence-corrected chi connectivity index (χ1v) is 6.38. The molecule has 7 heteroatoms. The van der Waals surface area contributed by atoms with E-state index in [0.717, 1.165) is 19.5 Å². The van der Waals surface area contributed by atoms with Gasteiger partial charge < -0.3 is 21.2 Å². The van der Waals surface area contributed by atoms with E-state index < -0.39 is 0 Å². The normalized spacial score (nSPS) is 19.7. The van der Waals surface area contributed by atoms with E-state index in [9.17, 15) is 4.79 Å². The van der Waals surface area contributed by atoms with E-state index in [2.05, 4.69) is 15.4 Å². The highest BCUT2D eigenvalue weighted by Gasteiger charge is 2.27. The van der Waals surface area contributed by atoms with Crippen molar-refractivity contribution in [1.82, 2.24) is 15.1 Å². The van der Waals surface area contributed by atoms with Crippen LogP contribution in [0, 0.1) is 0 Å². The fourth-order valence-corrected chi connectivity index (χ4v) is 2.22. The molecule has 1 saturated heterocycles. The summed E-state index contributed by atoms with van der Waals surface area (Å²) in [6, 6.07) is -0.0691. The zero-order valence-corrected chi connectivity index (χ0v) is 11.1. The van der Waals surface area contributed by atoms with Crippen LogP contribution in [0.5, 0.6) is 0 Å². The van der Waals surface area contributed by atoms with E-state index in [1.54, 1.807) is 4.90 Å². The molecule has 0 saturated carbocycles. The van der Waals surface area contributed by atoms with Gasteiger partial charge in [-0.2, -0.15) is 0 Å². The van der Waals surface area contributed by atoms with Crippen molar-refractivity contribution in [3.8, 4) is 0 Å². The summed E-state index contributed by atoms with van der Waals surface area (Å²) in [5, 5.41) is 14.6. The van der Waals surface area contributed by atoms with Crippen LogP contribution in [0.2, 0.25) is 0 Å². The van der Waals surface area contributed by atoms with Gasteiger partial charge in [-0.05, 0) is 13.3 Å². The van der Waals surface area contributed by atoms with E-state index in [0.29, 0.717) is 19.6 Å². The molecule has 1 atom stereocenters. The molecule has 1 aliphatic rings. The molecule has 1 rings (SSSR count). The SMILES string of the molecule is CCNC(=O)N1CCN(C(CC)C(N)=NO)CC1. The summed E-state index contributed by atoms with van der Waals surface area (Å²) in [5.74, 6) is 0.240. The predicted octanol–water partition coefficient (Wildman–Crippen LogP) is -0.141. The molecule has 0 aromatic rings. The lowest BCUT2D eigenvalue weighted by Crippen LogP contribution is -2.56. The molecule has 0 radical (unpaired) electrons. The Hall–Kier alpha value is -1.50. The highest BCUT2D eigenvalue weighted by molar-refractivity contribution is 5.85. The Kier molecular flexibility index (Phi) is 5.70. The topological polar surface area (TPSA) is 94.2 Å². The number of amides is 2. The standard InChI is InChI=1S/C11H23N5O2/c1-3-9(10(12)14-18)15-5-7-16(8-6-15)11(17)13-4-2/h9,18H,3-8H2,1-2H3,(H2,12,14)(H,13,17). The minimum atomic E-state index is -0.0496. The summed E-state index contributed by atoms with van der Waals surface area (Å²) in [6.45, 7) is 7.36. The Labute approximate surface area is 108 Å². The van der Waals surface area contributed by atoms with Crippen molar-refractivity contribution in [2.75, 3.05) is 32.7 Å². The molecule has 1 fully saturated rings.